The van der Waals surface area contributed by atoms with Gasteiger partial charge in [-0.1, -0.05) is 6.92 Å². The summed E-state index contributed by atoms with van der Waals surface area (Å²) in [6, 6.07) is 0. The molecule has 0 unspecified atom stereocenters. The van der Waals surface area contributed by atoms with E-state index in [-0.39, 0.29) is 6.09 Å². The van der Waals surface area contributed by atoms with Crippen LogP contribution in [0.25, 0.3) is 0 Å². The van der Waals surface area contributed by atoms with Crippen molar-refractivity contribution in [1.82, 2.24) is 4.90 Å². The fraction of sp³-hybridized carbons (Fsp3) is 0.667. The lowest BCUT2D eigenvalue weighted by Crippen LogP contribution is -2.32. The zero-order chi connectivity index (χ0) is 9.40. The first-order valence-electron chi connectivity index (χ1n) is 4.02. The Morgan fingerprint density at radius 2 is 2.25 bits per heavy atom. The average Bonchev–Trinajstić information content (AvgIpc) is 2.11. The van der Waals surface area contributed by atoms with E-state index in [1.54, 1.807) is 4.90 Å². The second-order valence-corrected chi connectivity index (χ2v) is 2.41. The molecule has 0 rings (SSSR count). The summed E-state index contributed by atoms with van der Waals surface area (Å²) >= 11 is 0. The third kappa shape index (κ3) is 3.87. The predicted octanol–water partition coefficient (Wildman–Crippen LogP) is 1.49. The van der Waals surface area contributed by atoms with Crippen LogP contribution in [0.4, 0.5) is 4.79 Å². The Bertz CT molecular complexity index is 172. The molecule has 0 bridgehead atoms. The van der Waals surface area contributed by atoms with E-state index >= 15 is 0 Å². The van der Waals surface area contributed by atoms with E-state index in [1.165, 1.54) is 7.11 Å². The quantitative estimate of drug-likeness (QED) is 0.597. The molecular weight excluding hydrogens is 154 g/mol. The molecule has 0 saturated carbocycles. The Hall–Kier alpha value is -1.17. The number of terminal acetylenes is 1. The molecule has 0 aliphatic rings. The van der Waals surface area contributed by atoms with Crippen LogP contribution in [0.2, 0.25) is 0 Å². The molecule has 0 aromatic heterocycles. The van der Waals surface area contributed by atoms with Crippen molar-refractivity contribution in [2.45, 2.75) is 19.8 Å². The van der Waals surface area contributed by atoms with Crippen molar-refractivity contribution >= 4 is 6.09 Å². The molecule has 3 heteroatoms. The highest BCUT2D eigenvalue weighted by Crippen LogP contribution is 1.96. The normalized spacial score (nSPS) is 8.75. The van der Waals surface area contributed by atoms with Crippen molar-refractivity contribution in [3.8, 4) is 12.3 Å². The van der Waals surface area contributed by atoms with Gasteiger partial charge in [0.25, 0.3) is 0 Å². The molecule has 0 aliphatic carbocycles. The lowest BCUT2D eigenvalue weighted by atomic mass is 10.3. The zero-order valence-electron chi connectivity index (χ0n) is 7.67. The molecule has 0 saturated heterocycles. The summed E-state index contributed by atoms with van der Waals surface area (Å²) < 4.78 is 4.58. The molecule has 1 amide bonds. The Morgan fingerprint density at radius 3 is 2.67 bits per heavy atom. The van der Waals surface area contributed by atoms with Crippen molar-refractivity contribution < 1.29 is 9.53 Å². The lowest BCUT2D eigenvalue weighted by Gasteiger charge is -2.18. The van der Waals surface area contributed by atoms with E-state index in [9.17, 15) is 4.79 Å². The molecule has 0 aromatic rings. The van der Waals surface area contributed by atoms with Crippen LogP contribution in [-0.4, -0.2) is 31.2 Å². The van der Waals surface area contributed by atoms with Gasteiger partial charge in [-0.25, -0.2) is 4.79 Å². The summed E-state index contributed by atoms with van der Waals surface area (Å²) in [7, 11) is 1.38. The number of hydrogen-bond acceptors (Lipinski definition) is 2. The summed E-state index contributed by atoms with van der Waals surface area (Å²) in [5, 5.41) is 0. The molecule has 0 spiro atoms. The zero-order valence-corrected chi connectivity index (χ0v) is 7.67. The van der Waals surface area contributed by atoms with Crippen LogP contribution in [0, 0.1) is 12.3 Å². The highest BCUT2D eigenvalue weighted by atomic mass is 16.5. The van der Waals surface area contributed by atoms with Crippen molar-refractivity contribution in [1.29, 1.82) is 0 Å². The molecule has 0 atom stereocenters. The number of rotatable bonds is 4. The van der Waals surface area contributed by atoms with Crippen LogP contribution in [0.1, 0.15) is 19.8 Å². The molecule has 0 radical (unpaired) electrons. The number of amides is 1. The number of nitrogens with zero attached hydrogens (tertiary/aromatic N) is 1. The summed E-state index contributed by atoms with van der Waals surface area (Å²) in [5.41, 5.74) is 0. The standard InChI is InChI=1S/C9H15NO2/c1-4-6-8-10(7-5-2)9(11)12-3/h1H,5-8H2,2-3H3. The maximum absolute atomic E-state index is 11.0. The Balaban J connectivity index is 3.86. The van der Waals surface area contributed by atoms with Gasteiger partial charge in [-0.2, -0.15) is 0 Å². The SMILES string of the molecule is C#CCCN(CCC)C(=O)OC. The van der Waals surface area contributed by atoms with Gasteiger partial charge >= 0.3 is 6.09 Å². The van der Waals surface area contributed by atoms with Gasteiger partial charge in [0.1, 0.15) is 0 Å². The summed E-state index contributed by atoms with van der Waals surface area (Å²) in [6.07, 6.45) is 6.28. The highest BCUT2D eigenvalue weighted by Gasteiger charge is 2.10. The number of methoxy groups -OCH3 is 1. The van der Waals surface area contributed by atoms with Crippen LogP contribution in [0.3, 0.4) is 0 Å². The molecule has 68 valence electrons. The minimum absolute atomic E-state index is 0.299. The number of carbonyl (C=O) groups excluding carboxylic acids is 1. The van der Waals surface area contributed by atoms with Crippen LogP contribution in [0.5, 0.6) is 0 Å². The average molecular weight is 169 g/mol. The van der Waals surface area contributed by atoms with E-state index in [0.29, 0.717) is 19.5 Å². The number of ether oxygens (including phenoxy) is 1. The number of hydrogen-bond donors (Lipinski definition) is 0. The van der Waals surface area contributed by atoms with Gasteiger partial charge in [-0.15, -0.1) is 12.3 Å². The van der Waals surface area contributed by atoms with E-state index in [2.05, 4.69) is 10.7 Å². The molecule has 0 aliphatic heterocycles. The first-order chi connectivity index (χ1) is 5.76. The van der Waals surface area contributed by atoms with Gasteiger partial charge < -0.3 is 9.64 Å². The molecule has 0 N–H and O–H groups in total. The molecule has 0 aromatic carbocycles. The fourth-order valence-corrected chi connectivity index (χ4v) is 0.893. The second kappa shape index (κ2) is 6.53. The second-order valence-electron chi connectivity index (χ2n) is 2.41. The summed E-state index contributed by atoms with van der Waals surface area (Å²) in [6.45, 7) is 3.29. The molecular formula is C9H15NO2. The van der Waals surface area contributed by atoms with E-state index in [1.807, 2.05) is 6.92 Å². The van der Waals surface area contributed by atoms with Crippen molar-refractivity contribution in [2.75, 3.05) is 20.2 Å². The van der Waals surface area contributed by atoms with Crippen molar-refractivity contribution in [3.05, 3.63) is 0 Å². The molecule has 12 heavy (non-hydrogen) atoms. The number of carbonyl (C=O) groups is 1. The van der Waals surface area contributed by atoms with Gasteiger partial charge in [0, 0.05) is 19.5 Å². The Morgan fingerprint density at radius 1 is 1.58 bits per heavy atom. The van der Waals surface area contributed by atoms with Crippen molar-refractivity contribution in [3.63, 3.8) is 0 Å². The minimum atomic E-state index is -0.299. The highest BCUT2D eigenvalue weighted by molar-refractivity contribution is 5.67. The van der Waals surface area contributed by atoms with E-state index in [0.717, 1.165) is 6.42 Å². The van der Waals surface area contributed by atoms with E-state index < -0.39 is 0 Å². The molecule has 0 fully saturated rings. The molecule has 0 heterocycles. The predicted molar refractivity (Wildman–Crippen MR) is 47.7 cm³/mol. The fourth-order valence-electron chi connectivity index (χ4n) is 0.893. The van der Waals surface area contributed by atoms with Crippen molar-refractivity contribution in [2.24, 2.45) is 0 Å². The van der Waals surface area contributed by atoms with Crippen LogP contribution in [0.15, 0.2) is 0 Å². The summed E-state index contributed by atoms with van der Waals surface area (Å²) in [5.74, 6) is 2.49. The van der Waals surface area contributed by atoms with Gasteiger partial charge in [0.15, 0.2) is 0 Å². The molecule has 3 nitrogen and oxygen atoms in total. The first-order valence-corrected chi connectivity index (χ1v) is 4.02. The van der Waals surface area contributed by atoms with Gasteiger partial charge in [-0.3, -0.25) is 0 Å². The minimum Gasteiger partial charge on any atom is -0.453 e. The van der Waals surface area contributed by atoms with Crippen LogP contribution < -0.4 is 0 Å². The van der Waals surface area contributed by atoms with Crippen LogP contribution in [-0.2, 0) is 4.74 Å². The summed E-state index contributed by atoms with van der Waals surface area (Å²) in [4.78, 5) is 12.7. The maximum Gasteiger partial charge on any atom is 0.409 e. The van der Waals surface area contributed by atoms with E-state index in [4.69, 9.17) is 6.42 Å². The van der Waals surface area contributed by atoms with Gasteiger partial charge in [0.05, 0.1) is 7.11 Å². The maximum atomic E-state index is 11.0. The largest absolute Gasteiger partial charge is 0.453 e. The van der Waals surface area contributed by atoms with Gasteiger partial charge in [0.2, 0.25) is 0 Å². The lowest BCUT2D eigenvalue weighted by molar-refractivity contribution is 0.124. The van der Waals surface area contributed by atoms with Gasteiger partial charge in [-0.05, 0) is 6.42 Å². The first kappa shape index (κ1) is 10.8. The smallest absolute Gasteiger partial charge is 0.409 e. The topological polar surface area (TPSA) is 29.5 Å². The third-order valence-electron chi connectivity index (χ3n) is 1.45. The monoisotopic (exact) mass is 169 g/mol. The third-order valence-corrected chi connectivity index (χ3v) is 1.45. The Labute approximate surface area is 73.7 Å². The Kier molecular flexibility index (Phi) is 5.90. The van der Waals surface area contributed by atoms with Crippen LogP contribution >= 0.6 is 0 Å².